The van der Waals surface area contributed by atoms with Crippen LogP contribution in [0.15, 0.2) is 42.4 Å². The Morgan fingerprint density at radius 3 is 2.68 bits per heavy atom. The van der Waals surface area contributed by atoms with Crippen molar-refractivity contribution in [3.8, 4) is 0 Å². The number of hydrogen-bond donors (Lipinski definition) is 3. The number of hydrazine groups is 1. The molecule has 2 amide bonds. The molecule has 0 radical (unpaired) electrons. The molecule has 9 nitrogen and oxygen atoms in total. The molecular weight excluding hydrogens is 452 g/mol. The third-order valence-electron chi connectivity index (χ3n) is 6.53. The highest BCUT2D eigenvalue weighted by Gasteiger charge is 2.44. The Morgan fingerprint density at radius 1 is 1.21 bits per heavy atom. The average Bonchev–Trinajstić information content (AvgIpc) is 3.44. The smallest absolute Gasteiger partial charge is 0.326 e. The fraction of sp³-hybridized carbons (Fsp3) is 0.500. The zero-order valence-corrected chi connectivity index (χ0v) is 20.5. The van der Waals surface area contributed by atoms with E-state index in [-0.39, 0.29) is 17.5 Å². The van der Waals surface area contributed by atoms with Crippen LogP contribution in [-0.4, -0.2) is 68.0 Å². The van der Waals surface area contributed by atoms with Crippen molar-refractivity contribution >= 4 is 28.2 Å². The summed E-state index contributed by atoms with van der Waals surface area (Å²) in [6, 6.07) is 7.95. The molecule has 1 unspecified atom stereocenters. The number of benzene rings is 1. The Morgan fingerprint density at radius 2 is 1.97 bits per heavy atom. The first-order valence-corrected chi connectivity index (χ1v) is 12.6. The quantitative estimate of drug-likeness (QED) is 0.557. The fourth-order valence-electron chi connectivity index (χ4n) is 4.26. The maximum absolute atomic E-state index is 12.9. The predicted octanol–water partition coefficient (Wildman–Crippen LogP) is 2.72. The number of thiazole rings is 1. The number of nitrogens with one attached hydrogen (secondary N) is 3. The first kappa shape index (κ1) is 23.3. The van der Waals surface area contributed by atoms with Crippen molar-refractivity contribution in [1.29, 1.82) is 0 Å². The highest BCUT2D eigenvalue weighted by atomic mass is 32.1. The lowest BCUT2D eigenvalue weighted by molar-refractivity contribution is -0.111. The second-order valence-electron chi connectivity index (χ2n) is 9.39. The number of rotatable bonds is 7. The molecule has 0 bridgehead atoms. The van der Waals surface area contributed by atoms with Crippen molar-refractivity contribution in [3.05, 3.63) is 52.8 Å². The number of carbonyl (C=O) groups excluding carboxylic acids is 1. The van der Waals surface area contributed by atoms with Gasteiger partial charge in [-0.25, -0.2) is 15.2 Å². The molecule has 182 valence electrons. The van der Waals surface area contributed by atoms with E-state index in [2.05, 4.69) is 58.0 Å². The number of aromatic nitrogens is 1. The Hall–Kier alpha value is -2.50. The molecule has 2 fully saturated rings. The van der Waals surface area contributed by atoms with Gasteiger partial charge in [0.15, 0.2) is 5.13 Å². The summed E-state index contributed by atoms with van der Waals surface area (Å²) in [4.78, 5) is 20.8. The van der Waals surface area contributed by atoms with Crippen molar-refractivity contribution in [2.24, 2.45) is 5.41 Å². The lowest BCUT2D eigenvalue weighted by Crippen LogP contribution is -2.55. The van der Waals surface area contributed by atoms with Gasteiger partial charge in [0, 0.05) is 36.1 Å². The third kappa shape index (κ3) is 5.26. The number of aryl methyl sites for hydroxylation is 1. The van der Waals surface area contributed by atoms with E-state index in [0.29, 0.717) is 24.2 Å². The highest BCUT2D eigenvalue weighted by molar-refractivity contribution is 7.15. The average molecular weight is 485 g/mol. The van der Waals surface area contributed by atoms with E-state index in [4.69, 9.17) is 9.47 Å². The number of carbonyl (C=O) groups is 1. The predicted molar refractivity (Wildman–Crippen MR) is 133 cm³/mol. The van der Waals surface area contributed by atoms with E-state index in [1.807, 2.05) is 23.3 Å². The van der Waals surface area contributed by atoms with Crippen LogP contribution in [0.5, 0.6) is 0 Å². The number of nitrogens with zero attached hydrogens (tertiary/aromatic N) is 3. The SMILES string of the molecule is Cc1ccc(N2NC(C3(C)COC3)C=C2NC(=O)Nc2ncc(CCN3CCOCC3)s2)cc1. The van der Waals surface area contributed by atoms with Gasteiger partial charge in [0.05, 0.1) is 38.2 Å². The van der Waals surface area contributed by atoms with Crippen LogP contribution in [0.1, 0.15) is 17.4 Å². The minimum absolute atomic E-state index is 0.00640. The van der Waals surface area contributed by atoms with Crippen LogP contribution in [-0.2, 0) is 15.9 Å². The summed E-state index contributed by atoms with van der Waals surface area (Å²) in [6.07, 6.45) is 4.83. The second kappa shape index (κ2) is 10.0. The molecule has 2 saturated heterocycles. The van der Waals surface area contributed by atoms with Gasteiger partial charge in [-0.3, -0.25) is 20.5 Å². The zero-order valence-electron chi connectivity index (χ0n) is 19.7. The van der Waals surface area contributed by atoms with Crippen LogP contribution < -0.4 is 21.1 Å². The molecule has 1 aromatic heterocycles. The van der Waals surface area contributed by atoms with Gasteiger partial charge in [0.2, 0.25) is 0 Å². The van der Waals surface area contributed by atoms with Crippen molar-refractivity contribution < 1.29 is 14.3 Å². The molecule has 1 atom stereocenters. The van der Waals surface area contributed by atoms with Crippen LogP contribution in [0.4, 0.5) is 15.6 Å². The topological polar surface area (TPSA) is 91.0 Å². The molecular formula is C24H32N6O3S. The maximum Gasteiger partial charge on any atom is 0.326 e. The van der Waals surface area contributed by atoms with Crippen LogP contribution >= 0.6 is 11.3 Å². The maximum atomic E-state index is 12.9. The zero-order chi connectivity index (χ0) is 23.5. The van der Waals surface area contributed by atoms with E-state index < -0.39 is 0 Å². The lowest BCUT2D eigenvalue weighted by atomic mass is 9.81. The Labute approximate surface area is 204 Å². The molecule has 5 rings (SSSR count). The summed E-state index contributed by atoms with van der Waals surface area (Å²) in [5.74, 6) is 0.698. The summed E-state index contributed by atoms with van der Waals surface area (Å²) in [7, 11) is 0. The van der Waals surface area contributed by atoms with Gasteiger partial charge < -0.3 is 9.47 Å². The standard InChI is InChI=1S/C24H32N6O3S/c1-17-3-5-18(6-4-17)30-21(13-20(28-30)24(2)15-33-16-24)26-22(31)27-23-25-14-19(34-23)7-8-29-9-11-32-12-10-29/h3-6,13-14,20,28H,7-12,15-16H2,1-2H3,(H2,25,26,27,31). The molecule has 34 heavy (non-hydrogen) atoms. The third-order valence-corrected chi connectivity index (χ3v) is 7.51. The largest absolute Gasteiger partial charge is 0.380 e. The van der Waals surface area contributed by atoms with Crippen LogP contribution in [0, 0.1) is 12.3 Å². The number of ether oxygens (including phenoxy) is 2. The molecule has 1 aromatic carbocycles. The minimum atomic E-state index is -0.310. The number of anilines is 2. The summed E-state index contributed by atoms with van der Waals surface area (Å²) in [5.41, 5.74) is 5.67. The van der Waals surface area contributed by atoms with Crippen molar-refractivity contribution in [3.63, 3.8) is 0 Å². The summed E-state index contributed by atoms with van der Waals surface area (Å²) in [5, 5.41) is 8.44. The summed E-state index contributed by atoms with van der Waals surface area (Å²) < 4.78 is 10.9. The molecule has 3 aliphatic heterocycles. The van der Waals surface area contributed by atoms with E-state index in [0.717, 1.165) is 49.8 Å². The first-order chi connectivity index (χ1) is 16.5. The van der Waals surface area contributed by atoms with Gasteiger partial charge in [-0.05, 0) is 31.6 Å². The molecule has 0 spiro atoms. The molecule has 0 aliphatic carbocycles. The minimum Gasteiger partial charge on any atom is -0.380 e. The molecule has 0 saturated carbocycles. The van der Waals surface area contributed by atoms with E-state index in [1.54, 1.807) is 0 Å². The van der Waals surface area contributed by atoms with E-state index in [9.17, 15) is 4.79 Å². The summed E-state index contributed by atoms with van der Waals surface area (Å²) >= 11 is 1.52. The molecule has 3 N–H and O–H groups in total. The number of morpholine rings is 1. The Balaban J connectivity index is 1.21. The molecule has 10 heteroatoms. The van der Waals surface area contributed by atoms with E-state index >= 15 is 0 Å². The van der Waals surface area contributed by atoms with Crippen molar-refractivity contribution in [1.82, 2.24) is 20.6 Å². The van der Waals surface area contributed by atoms with Gasteiger partial charge in [-0.15, -0.1) is 11.3 Å². The van der Waals surface area contributed by atoms with Gasteiger partial charge in [-0.2, -0.15) is 0 Å². The fourth-order valence-corrected chi connectivity index (χ4v) is 5.06. The number of hydrogen-bond acceptors (Lipinski definition) is 8. The van der Waals surface area contributed by atoms with Crippen molar-refractivity contribution in [2.45, 2.75) is 26.3 Å². The molecule has 2 aromatic rings. The van der Waals surface area contributed by atoms with Gasteiger partial charge in [-0.1, -0.05) is 24.6 Å². The van der Waals surface area contributed by atoms with Gasteiger partial charge in [0.25, 0.3) is 0 Å². The van der Waals surface area contributed by atoms with E-state index in [1.165, 1.54) is 16.9 Å². The molecule has 4 heterocycles. The number of amides is 2. The van der Waals surface area contributed by atoms with Crippen LogP contribution in [0.3, 0.4) is 0 Å². The second-order valence-corrected chi connectivity index (χ2v) is 10.5. The first-order valence-electron chi connectivity index (χ1n) is 11.7. The summed E-state index contributed by atoms with van der Waals surface area (Å²) in [6.45, 7) is 10.1. The lowest BCUT2D eigenvalue weighted by Gasteiger charge is -2.42. The highest BCUT2D eigenvalue weighted by Crippen LogP contribution is 2.35. The monoisotopic (exact) mass is 484 g/mol. The Kier molecular flexibility index (Phi) is 6.84. The Bertz CT molecular complexity index is 1030. The molecule has 3 aliphatic rings. The van der Waals surface area contributed by atoms with Gasteiger partial charge in [0.1, 0.15) is 5.82 Å². The van der Waals surface area contributed by atoms with Gasteiger partial charge >= 0.3 is 6.03 Å². The van der Waals surface area contributed by atoms with Crippen LogP contribution in [0.2, 0.25) is 0 Å². The van der Waals surface area contributed by atoms with Crippen molar-refractivity contribution in [2.75, 3.05) is 56.4 Å². The number of urea groups is 1. The van der Waals surface area contributed by atoms with Crippen LogP contribution in [0.25, 0.3) is 0 Å². The normalized spacial score (nSPS) is 22.2.